The first-order valence-electron chi connectivity index (χ1n) is 5.75. The first-order valence-corrected chi connectivity index (χ1v) is 5.75. The molecular weight excluding hydrogens is 170 g/mol. The zero-order chi connectivity index (χ0) is 10.2. The number of hydrogen-bond acceptors (Lipinski definition) is 1. The number of aromatic nitrogens is 1. The third-order valence-corrected chi connectivity index (χ3v) is 2.67. The fourth-order valence-corrected chi connectivity index (χ4v) is 2.02. The summed E-state index contributed by atoms with van der Waals surface area (Å²) in [5.41, 5.74) is 1.44. The molecule has 0 aromatic carbocycles. The molecule has 0 N–H and O–H groups in total. The summed E-state index contributed by atoms with van der Waals surface area (Å²) in [6.07, 6.45) is 10.3. The summed E-state index contributed by atoms with van der Waals surface area (Å²) >= 11 is 0. The molecule has 78 valence electrons. The maximum absolute atomic E-state index is 4.04. The van der Waals surface area contributed by atoms with Crippen LogP contribution in [0.2, 0.25) is 0 Å². The number of hydrogen-bond donors (Lipinski definition) is 0. The molecule has 0 unspecified atom stereocenters. The van der Waals surface area contributed by atoms with Crippen LogP contribution in [0, 0.1) is 5.92 Å². The van der Waals surface area contributed by atoms with Gasteiger partial charge < -0.3 is 0 Å². The molecule has 1 heteroatoms. The van der Waals surface area contributed by atoms with Crippen molar-refractivity contribution >= 4 is 0 Å². The molecule has 0 aliphatic heterocycles. The Kier molecular flexibility index (Phi) is 5.28. The molecule has 0 spiro atoms. The van der Waals surface area contributed by atoms with Gasteiger partial charge in [0, 0.05) is 12.4 Å². The molecule has 1 nitrogen and oxygen atoms in total. The van der Waals surface area contributed by atoms with E-state index >= 15 is 0 Å². The van der Waals surface area contributed by atoms with Crippen LogP contribution in [0.25, 0.3) is 0 Å². The fraction of sp³-hybridized carbons (Fsp3) is 0.615. The van der Waals surface area contributed by atoms with Crippen molar-refractivity contribution in [2.24, 2.45) is 5.92 Å². The Labute approximate surface area is 87.6 Å². The lowest BCUT2D eigenvalue weighted by atomic mass is 9.92. The lowest BCUT2D eigenvalue weighted by Gasteiger charge is -2.14. The molecule has 1 aromatic rings. The SMILES string of the molecule is CCCC(CCC)Cc1ccncc1. The molecule has 0 saturated carbocycles. The van der Waals surface area contributed by atoms with Crippen molar-refractivity contribution in [3.8, 4) is 0 Å². The van der Waals surface area contributed by atoms with Crippen LogP contribution in [0.5, 0.6) is 0 Å². The van der Waals surface area contributed by atoms with Crippen molar-refractivity contribution in [2.45, 2.75) is 46.0 Å². The van der Waals surface area contributed by atoms with E-state index in [1.807, 2.05) is 12.4 Å². The summed E-state index contributed by atoms with van der Waals surface area (Å²) in [6.45, 7) is 4.55. The normalized spacial score (nSPS) is 10.8. The average molecular weight is 191 g/mol. The van der Waals surface area contributed by atoms with Crippen LogP contribution in [0.1, 0.15) is 45.1 Å². The highest BCUT2D eigenvalue weighted by Crippen LogP contribution is 2.18. The summed E-state index contributed by atoms with van der Waals surface area (Å²) < 4.78 is 0. The Morgan fingerprint density at radius 2 is 1.64 bits per heavy atom. The van der Waals surface area contributed by atoms with Crippen molar-refractivity contribution < 1.29 is 0 Å². The largest absolute Gasteiger partial charge is 0.265 e. The van der Waals surface area contributed by atoms with Crippen molar-refractivity contribution in [1.82, 2.24) is 4.98 Å². The van der Waals surface area contributed by atoms with Gasteiger partial charge in [-0.3, -0.25) is 4.98 Å². The maximum atomic E-state index is 4.04. The quantitative estimate of drug-likeness (QED) is 0.665. The van der Waals surface area contributed by atoms with Crippen molar-refractivity contribution in [1.29, 1.82) is 0 Å². The van der Waals surface area contributed by atoms with Crippen LogP contribution >= 0.6 is 0 Å². The van der Waals surface area contributed by atoms with Gasteiger partial charge in [0.05, 0.1) is 0 Å². The average Bonchev–Trinajstić information content (AvgIpc) is 2.20. The van der Waals surface area contributed by atoms with E-state index < -0.39 is 0 Å². The Balaban J connectivity index is 2.46. The van der Waals surface area contributed by atoms with Gasteiger partial charge in [0.15, 0.2) is 0 Å². The number of rotatable bonds is 6. The van der Waals surface area contributed by atoms with Crippen LogP contribution in [-0.2, 0) is 6.42 Å². The van der Waals surface area contributed by atoms with Gasteiger partial charge in [0.2, 0.25) is 0 Å². The molecule has 0 fully saturated rings. The van der Waals surface area contributed by atoms with Crippen LogP contribution in [0.4, 0.5) is 0 Å². The van der Waals surface area contributed by atoms with Crippen LogP contribution in [0.15, 0.2) is 24.5 Å². The minimum absolute atomic E-state index is 0.868. The first kappa shape index (κ1) is 11.2. The minimum Gasteiger partial charge on any atom is -0.265 e. The minimum atomic E-state index is 0.868. The van der Waals surface area contributed by atoms with E-state index in [-0.39, 0.29) is 0 Å². The van der Waals surface area contributed by atoms with E-state index in [0.29, 0.717) is 0 Å². The van der Waals surface area contributed by atoms with E-state index in [9.17, 15) is 0 Å². The van der Waals surface area contributed by atoms with Gasteiger partial charge in [0.1, 0.15) is 0 Å². The Morgan fingerprint density at radius 1 is 1.07 bits per heavy atom. The van der Waals surface area contributed by atoms with E-state index in [0.717, 1.165) is 5.92 Å². The highest BCUT2D eigenvalue weighted by atomic mass is 14.6. The molecule has 0 atom stereocenters. The third kappa shape index (κ3) is 3.91. The standard InChI is InChI=1S/C13H21N/c1-3-5-12(6-4-2)11-13-7-9-14-10-8-13/h7-10,12H,3-6,11H2,1-2H3. The topological polar surface area (TPSA) is 12.9 Å². The number of nitrogens with zero attached hydrogens (tertiary/aromatic N) is 1. The molecule has 1 rings (SSSR count). The molecule has 0 bridgehead atoms. The van der Waals surface area contributed by atoms with Crippen molar-refractivity contribution in [3.63, 3.8) is 0 Å². The summed E-state index contributed by atoms with van der Waals surface area (Å²) in [5, 5.41) is 0. The Hall–Kier alpha value is -0.850. The Bertz CT molecular complexity index is 224. The summed E-state index contributed by atoms with van der Waals surface area (Å²) in [7, 11) is 0. The maximum Gasteiger partial charge on any atom is 0.0270 e. The highest BCUT2D eigenvalue weighted by Gasteiger charge is 2.07. The highest BCUT2D eigenvalue weighted by molar-refractivity contribution is 5.10. The molecule has 0 aliphatic carbocycles. The lowest BCUT2D eigenvalue weighted by Crippen LogP contribution is -2.04. The van der Waals surface area contributed by atoms with Crippen LogP contribution in [0.3, 0.4) is 0 Å². The third-order valence-electron chi connectivity index (χ3n) is 2.67. The van der Waals surface area contributed by atoms with Gasteiger partial charge in [-0.25, -0.2) is 0 Å². The summed E-state index contributed by atoms with van der Waals surface area (Å²) in [5.74, 6) is 0.868. The van der Waals surface area contributed by atoms with Crippen LogP contribution in [-0.4, -0.2) is 4.98 Å². The number of pyridine rings is 1. The molecule has 0 radical (unpaired) electrons. The van der Waals surface area contributed by atoms with Gasteiger partial charge in [-0.2, -0.15) is 0 Å². The van der Waals surface area contributed by atoms with E-state index in [2.05, 4.69) is 31.0 Å². The summed E-state index contributed by atoms with van der Waals surface area (Å²) in [6, 6.07) is 4.27. The predicted octanol–water partition coefficient (Wildman–Crippen LogP) is 3.84. The van der Waals surface area contributed by atoms with E-state index in [1.54, 1.807) is 0 Å². The van der Waals surface area contributed by atoms with Gasteiger partial charge in [-0.1, -0.05) is 39.5 Å². The second-order valence-corrected chi connectivity index (χ2v) is 4.00. The first-order chi connectivity index (χ1) is 6.86. The second kappa shape index (κ2) is 6.58. The van der Waals surface area contributed by atoms with E-state index in [4.69, 9.17) is 0 Å². The summed E-state index contributed by atoms with van der Waals surface area (Å²) in [4.78, 5) is 4.04. The molecule has 1 heterocycles. The van der Waals surface area contributed by atoms with Gasteiger partial charge in [0.25, 0.3) is 0 Å². The molecule has 0 saturated heterocycles. The zero-order valence-electron chi connectivity index (χ0n) is 9.37. The molecule has 1 aromatic heterocycles. The second-order valence-electron chi connectivity index (χ2n) is 4.00. The van der Waals surface area contributed by atoms with Crippen molar-refractivity contribution in [3.05, 3.63) is 30.1 Å². The fourth-order valence-electron chi connectivity index (χ4n) is 2.02. The molecular formula is C13H21N. The molecule has 14 heavy (non-hydrogen) atoms. The van der Waals surface area contributed by atoms with Crippen LogP contribution < -0.4 is 0 Å². The van der Waals surface area contributed by atoms with Crippen molar-refractivity contribution in [2.75, 3.05) is 0 Å². The van der Waals surface area contributed by atoms with Gasteiger partial charge in [-0.05, 0) is 30.0 Å². The lowest BCUT2D eigenvalue weighted by molar-refractivity contribution is 0.438. The Morgan fingerprint density at radius 3 is 2.14 bits per heavy atom. The molecule has 0 amide bonds. The zero-order valence-corrected chi connectivity index (χ0v) is 9.37. The monoisotopic (exact) mass is 191 g/mol. The van der Waals surface area contributed by atoms with E-state index in [1.165, 1.54) is 37.7 Å². The predicted molar refractivity (Wildman–Crippen MR) is 61.2 cm³/mol. The smallest absolute Gasteiger partial charge is 0.0270 e. The van der Waals surface area contributed by atoms with Gasteiger partial charge in [-0.15, -0.1) is 0 Å². The van der Waals surface area contributed by atoms with Gasteiger partial charge >= 0.3 is 0 Å². The molecule has 0 aliphatic rings.